The van der Waals surface area contributed by atoms with Gasteiger partial charge in [-0.25, -0.2) is 0 Å². The maximum atomic E-state index is 5.63. The zero-order chi connectivity index (χ0) is 14.7. The van der Waals surface area contributed by atoms with Crippen LogP contribution >= 0.6 is 15.9 Å². The summed E-state index contributed by atoms with van der Waals surface area (Å²) in [5, 5.41) is 3.59. The first-order valence-corrected chi connectivity index (χ1v) is 8.07. The van der Waals surface area contributed by atoms with Crippen molar-refractivity contribution in [2.24, 2.45) is 5.92 Å². The van der Waals surface area contributed by atoms with E-state index in [4.69, 9.17) is 9.47 Å². The lowest BCUT2D eigenvalue weighted by molar-refractivity contribution is 0.371. The minimum absolute atomic E-state index is 0.538. The molecule has 0 aromatic heterocycles. The summed E-state index contributed by atoms with van der Waals surface area (Å²) < 4.78 is 11.9. The molecule has 0 heterocycles. The van der Waals surface area contributed by atoms with Gasteiger partial charge in [0.05, 0.1) is 14.2 Å². The average Bonchev–Trinajstić information content (AvgIpc) is 2.80. The van der Waals surface area contributed by atoms with E-state index in [1.165, 1.54) is 18.4 Å². The van der Waals surface area contributed by atoms with Crippen LogP contribution in [0.4, 0.5) is 0 Å². The lowest BCUT2D eigenvalue weighted by Crippen LogP contribution is -2.32. The third kappa shape index (κ3) is 2.82. The van der Waals surface area contributed by atoms with Gasteiger partial charge in [0.2, 0.25) is 0 Å². The van der Waals surface area contributed by atoms with Crippen LogP contribution in [0, 0.1) is 5.92 Å². The Bertz CT molecular complexity index is 464. The molecule has 0 spiro atoms. The van der Waals surface area contributed by atoms with Crippen LogP contribution in [0.1, 0.15) is 38.2 Å². The highest BCUT2D eigenvalue weighted by molar-refractivity contribution is 9.10. The van der Waals surface area contributed by atoms with Crippen LogP contribution in [0.25, 0.3) is 0 Å². The van der Waals surface area contributed by atoms with E-state index in [0.29, 0.717) is 17.9 Å². The molecule has 2 rings (SSSR count). The molecule has 112 valence electrons. The van der Waals surface area contributed by atoms with E-state index >= 15 is 0 Å². The van der Waals surface area contributed by atoms with Gasteiger partial charge in [0.1, 0.15) is 16.0 Å². The molecule has 1 aliphatic rings. The van der Waals surface area contributed by atoms with Gasteiger partial charge in [-0.2, -0.15) is 0 Å². The Morgan fingerprint density at radius 1 is 1.25 bits per heavy atom. The summed E-state index contributed by atoms with van der Waals surface area (Å²) in [6.07, 6.45) is 2.43. The zero-order valence-electron chi connectivity index (χ0n) is 12.7. The number of hydrogen-bond acceptors (Lipinski definition) is 3. The van der Waals surface area contributed by atoms with Crippen LogP contribution < -0.4 is 14.8 Å². The fourth-order valence-electron chi connectivity index (χ4n) is 3.36. The van der Waals surface area contributed by atoms with Crippen molar-refractivity contribution >= 4 is 15.9 Å². The summed E-state index contributed by atoms with van der Waals surface area (Å²) in [7, 11) is 3.41. The van der Waals surface area contributed by atoms with Crippen LogP contribution in [0.3, 0.4) is 0 Å². The van der Waals surface area contributed by atoms with Crippen molar-refractivity contribution in [2.75, 3.05) is 20.8 Å². The first-order valence-electron chi connectivity index (χ1n) is 7.27. The Kier molecular flexibility index (Phi) is 5.33. The third-order valence-electron chi connectivity index (χ3n) is 4.44. The average molecular weight is 342 g/mol. The Morgan fingerprint density at radius 2 is 2.00 bits per heavy atom. The topological polar surface area (TPSA) is 30.5 Å². The Hall–Kier alpha value is -0.740. The molecule has 1 aliphatic carbocycles. The molecular weight excluding hydrogens is 318 g/mol. The number of benzene rings is 1. The second-order valence-electron chi connectivity index (χ2n) is 5.41. The van der Waals surface area contributed by atoms with Gasteiger partial charge >= 0.3 is 0 Å². The third-order valence-corrected chi connectivity index (χ3v) is 5.19. The van der Waals surface area contributed by atoms with Gasteiger partial charge in [0.15, 0.2) is 0 Å². The monoisotopic (exact) mass is 341 g/mol. The van der Waals surface area contributed by atoms with Crippen LogP contribution in [-0.4, -0.2) is 26.8 Å². The number of ether oxygens (including phenoxy) is 2. The van der Waals surface area contributed by atoms with Gasteiger partial charge in [0.25, 0.3) is 0 Å². The molecule has 0 saturated heterocycles. The molecule has 4 heteroatoms. The molecule has 3 unspecified atom stereocenters. The SMILES string of the molecule is CCNC1CCC(c2ccc(OC)c(Br)c2OC)C1C. The number of halogens is 1. The summed E-state index contributed by atoms with van der Waals surface area (Å²) in [5.74, 6) is 2.89. The number of nitrogens with one attached hydrogen (secondary N) is 1. The minimum Gasteiger partial charge on any atom is -0.495 e. The van der Waals surface area contributed by atoms with E-state index in [1.54, 1.807) is 14.2 Å². The quantitative estimate of drug-likeness (QED) is 0.879. The number of rotatable bonds is 5. The Labute approximate surface area is 130 Å². The summed E-state index contributed by atoms with van der Waals surface area (Å²) in [5.41, 5.74) is 1.29. The molecule has 3 nitrogen and oxygen atoms in total. The summed E-state index contributed by atoms with van der Waals surface area (Å²) >= 11 is 3.60. The molecule has 1 fully saturated rings. The van der Waals surface area contributed by atoms with Crippen molar-refractivity contribution in [2.45, 2.75) is 38.6 Å². The standard InChI is InChI=1S/C16H24BrNO2/c1-5-18-13-8-6-11(10(13)2)12-7-9-14(19-3)15(17)16(12)20-4/h7,9-11,13,18H,5-6,8H2,1-4H3. The molecule has 0 amide bonds. The van der Waals surface area contributed by atoms with Crippen molar-refractivity contribution < 1.29 is 9.47 Å². The largest absolute Gasteiger partial charge is 0.495 e. The molecule has 1 saturated carbocycles. The van der Waals surface area contributed by atoms with Crippen molar-refractivity contribution in [3.05, 3.63) is 22.2 Å². The Morgan fingerprint density at radius 3 is 2.60 bits per heavy atom. The van der Waals surface area contributed by atoms with Gasteiger partial charge in [0, 0.05) is 6.04 Å². The number of methoxy groups -OCH3 is 2. The van der Waals surface area contributed by atoms with E-state index in [2.05, 4.69) is 41.2 Å². The first kappa shape index (κ1) is 15.6. The summed E-state index contributed by atoms with van der Waals surface area (Å²) in [4.78, 5) is 0. The molecule has 3 atom stereocenters. The molecule has 1 aromatic rings. The molecule has 20 heavy (non-hydrogen) atoms. The van der Waals surface area contributed by atoms with Gasteiger partial charge in [-0.05, 0) is 58.8 Å². The van der Waals surface area contributed by atoms with E-state index in [0.717, 1.165) is 22.5 Å². The van der Waals surface area contributed by atoms with Crippen LogP contribution in [-0.2, 0) is 0 Å². The predicted molar refractivity (Wildman–Crippen MR) is 85.8 cm³/mol. The smallest absolute Gasteiger partial charge is 0.140 e. The van der Waals surface area contributed by atoms with Crippen molar-refractivity contribution in [1.29, 1.82) is 0 Å². The van der Waals surface area contributed by atoms with E-state index in [9.17, 15) is 0 Å². The summed E-state index contributed by atoms with van der Waals surface area (Å²) in [6, 6.07) is 4.78. The lowest BCUT2D eigenvalue weighted by Gasteiger charge is -2.24. The predicted octanol–water partition coefficient (Wildman–Crippen LogP) is 3.96. The van der Waals surface area contributed by atoms with Crippen LogP contribution in [0.2, 0.25) is 0 Å². The maximum absolute atomic E-state index is 5.63. The number of hydrogen-bond donors (Lipinski definition) is 1. The fourth-order valence-corrected chi connectivity index (χ4v) is 4.05. The second-order valence-corrected chi connectivity index (χ2v) is 6.20. The highest BCUT2D eigenvalue weighted by Crippen LogP contribution is 2.47. The molecule has 0 radical (unpaired) electrons. The zero-order valence-corrected chi connectivity index (χ0v) is 14.3. The van der Waals surface area contributed by atoms with E-state index < -0.39 is 0 Å². The van der Waals surface area contributed by atoms with Crippen LogP contribution in [0.5, 0.6) is 11.5 Å². The molecule has 1 aromatic carbocycles. The van der Waals surface area contributed by atoms with E-state index in [1.807, 2.05) is 6.07 Å². The first-order chi connectivity index (χ1) is 9.63. The van der Waals surface area contributed by atoms with Gasteiger partial charge in [-0.15, -0.1) is 0 Å². The van der Waals surface area contributed by atoms with Gasteiger partial charge < -0.3 is 14.8 Å². The molecular formula is C16H24BrNO2. The minimum atomic E-state index is 0.538. The molecule has 1 N–H and O–H groups in total. The summed E-state index contributed by atoms with van der Waals surface area (Å²) in [6.45, 7) is 5.54. The van der Waals surface area contributed by atoms with Gasteiger partial charge in [-0.1, -0.05) is 19.9 Å². The highest BCUT2D eigenvalue weighted by atomic mass is 79.9. The Balaban J connectivity index is 2.31. The van der Waals surface area contributed by atoms with Crippen molar-refractivity contribution in [3.63, 3.8) is 0 Å². The van der Waals surface area contributed by atoms with Crippen molar-refractivity contribution in [3.8, 4) is 11.5 Å². The normalized spacial score (nSPS) is 25.8. The van der Waals surface area contributed by atoms with Crippen LogP contribution in [0.15, 0.2) is 16.6 Å². The van der Waals surface area contributed by atoms with E-state index in [-0.39, 0.29) is 0 Å². The molecule has 0 aliphatic heterocycles. The maximum Gasteiger partial charge on any atom is 0.140 e. The lowest BCUT2D eigenvalue weighted by atomic mass is 9.88. The van der Waals surface area contributed by atoms with Crippen molar-refractivity contribution in [1.82, 2.24) is 5.32 Å². The second kappa shape index (κ2) is 6.81. The molecule has 0 bridgehead atoms. The highest BCUT2D eigenvalue weighted by Gasteiger charge is 2.35. The fraction of sp³-hybridized carbons (Fsp3) is 0.625. The van der Waals surface area contributed by atoms with Gasteiger partial charge in [-0.3, -0.25) is 0 Å².